The Morgan fingerprint density at radius 3 is 2.50 bits per heavy atom. The Morgan fingerprint density at radius 1 is 1.18 bits per heavy atom. The fourth-order valence-corrected chi connectivity index (χ4v) is 2.71. The van der Waals surface area contributed by atoms with Crippen molar-refractivity contribution in [2.75, 3.05) is 79.8 Å². The minimum atomic E-state index is -0.00261. The van der Waals surface area contributed by atoms with E-state index in [0.29, 0.717) is 5.96 Å². The molecule has 2 aliphatic rings. The molecule has 8 nitrogen and oxygen atoms in total. The van der Waals surface area contributed by atoms with Crippen molar-refractivity contribution in [1.29, 1.82) is 0 Å². The normalized spacial score (nSPS) is 17.7. The summed E-state index contributed by atoms with van der Waals surface area (Å²) < 4.78 is 11.0. The zero-order valence-electron chi connectivity index (χ0n) is 17.5. The molecule has 1 saturated heterocycles. The van der Waals surface area contributed by atoms with Crippen molar-refractivity contribution in [3.8, 4) is 0 Å². The summed E-state index contributed by atoms with van der Waals surface area (Å²) in [6.45, 7) is 8.18. The van der Waals surface area contributed by atoms with Gasteiger partial charge in [-0.15, -0.1) is 24.0 Å². The quantitative estimate of drug-likeness (QED) is 0.175. The van der Waals surface area contributed by atoms with E-state index in [1.165, 1.54) is 12.8 Å². The average molecular weight is 511 g/mol. The number of carbonyl (C=O) groups is 1. The minimum absolute atomic E-state index is 0. The first kappa shape index (κ1) is 25.4. The maximum absolute atomic E-state index is 11.8. The van der Waals surface area contributed by atoms with Crippen LogP contribution in [0.1, 0.15) is 25.7 Å². The van der Waals surface area contributed by atoms with Crippen LogP contribution in [0.5, 0.6) is 0 Å². The lowest BCUT2D eigenvalue weighted by Gasteiger charge is -2.26. The van der Waals surface area contributed by atoms with E-state index in [9.17, 15) is 4.79 Å². The Bertz CT molecular complexity index is 455. The maximum atomic E-state index is 11.8. The summed E-state index contributed by atoms with van der Waals surface area (Å²) in [5.41, 5.74) is 0. The molecule has 0 aromatic heterocycles. The molecular weight excluding hydrogens is 473 g/mol. The minimum Gasteiger partial charge on any atom is -0.381 e. The van der Waals surface area contributed by atoms with Gasteiger partial charge in [-0.05, 0) is 38.1 Å². The van der Waals surface area contributed by atoms with Crippen LogP contribution in [0.25, 0.3) is 0 Å². The second kappa shape index (κ2) is 15.2. The van der Waals surface area contributed by atoms with Crippen LogP contribution in [-0.4, -0.2) is 101 Å². The van der Waals surface area contributed by atoms with Gasteiger partial charge in [0.2, 0.25) is 5.91 Å². The number of guanidine groups is 1. The summed E-state index contributed by atoms with van der Waals surface area (Å²) in [6, 6.07) is 0. The lowest BCUT2D eigenvalue weighted by molar-refractivity contribution is -0.127. The summed E-state index contributed by atoms with van der Waals surface area (Å²) in [5.74, 6) is 1.51. The molecule has 1 aliphatic carbocycles. The van der Waals surface area contributed by atoms with Crippen molar-refractivity contribution in [2.24, 2.45) is 10.9 Å². The zero-order chi connectivity index (χ0) is 19.3. The Morgan fingerprint density at radius 2 is 1.86 bits per heavy atom. The fourth-order valence-electron chi connectivity index (χ4n) is 2.71. The van der Waals surface area contributed by atoms with Crippen molar-refractivity contribution >= 4 is 35.8 Å². The molecule has 0 aromatic rings. The fraction of sp³-hybridized carbons (Fsp3) is 0.895. The Hall–Kier alpha value is -0.650. The molecule has 1 saturated carbocycles. The lowest BCUT2D eigenvalue weighted by Crippen LogP contribution is -2.41. The number of amides is 1. The van der Waals surface area contributed by atoms with E-state index in [2.05, 4.69) is 20.5 Å². The molecule has 0 radical (unpaired) electrons. The largest absolute Gasteiger partial charge is 0.381 e. The highest BCUT2D eigenvalue weighted by molar-refractivity contribution is 14.0. The number of hydrogen-bond donors (Lipinski definition) is 2. The lowest BCUT2D eigenvalue weighted by atomic mass is 10.3. The van der Waals surface area contributed by atoms with Gasteiger partial charge in [0, 0.05) is 53.5 Å². The van der Waals surface area contributed by atoms with Crippen LogP contribution in [0, 0.1) is 5.92 Å². The molecular formula is C19H38IN5O3. The van der Waals surface area contributed by atoms with Crippen LogP contribution in [0.4, 0.5) is 0 Å². The van der Waals surface area contributed by atoms with Gasteiger partial charge in [0.05, 0.1) is 13.2 Å². The van der Waals surface area contributed by atoms with Crippen LogP contribution >= 0.6 is 24.0 Å². The van der Waals surface area contributed by atoms with Gasteiger partial charge in [-0.3, -0.25) is 9.69 Å². The van der Waals surface area contributed by atoms with Gasteiger partial charge in [-0.2, -0.15) is 0 Å². The van der Waals surface area contributed by atoms with E-state index >= 15 is 0 Å². The topological polar surface area (TPSA) is 78.4 Å². The molecule has 2 N–H and O–H groups in total. The number of morpholine rings is 1. The second-order valence-corrected chi connectivity index (χ2v) is 7.49. The first-order valence-electron chi connectivity index (χ1n) is 10.3. The predicted molar refractivity (Wildman–Crippen MR) is 122 cm³/mol. The van der Waals surface area contributed by atoms with Crippen LogP contribution < -0.4 is 10.6 Å². The van der Waals surface area contributed by atoms with E-state index in [4.69, 9.17) is 9.47 Å². The van der Waals surface area contributed by atoms with E-state index in [0.717, 1.165) is 77.9 Å². The highest BCUT2D eigenvalue weighted by Gasteiger charge is 2.20. The molecule has 2 rings (SSSR count). The Balaban J connectivity index is 0.00000392. The number of hydrogen-bond acceptors (Lipinski definition) is 5. The van der Waals surface area contributed by atoms with Gasteiger partial charge in [-0.1, -0.05) is 0 Å². The second-order valence-electron chi connectivity index (χ2n) is 7.49. The molecule has 1 amide bonds. The molecule has 0 bridgehead atoms. The van der Waals surface area contributed by atoms with Gasteiger partial charge in [-0.25, -0.2) is 4.99 Å². The van der Waals surface area contributed by atoms with Crippen molar-refractivity contribution in [2.45, 2.75) is 25.7 Å². The van der Waals surface area contributed by atoms with E-state index in [-0.39, 0.29) is 36.4 Å². The number of rotatable bonds is 12. The van der Waals surface area contributed by atoms with Crippen molar-refractivity contribution < 1.29 is 14.3 Å². The maximum Gasteiger partial charge on any atom is 0.243 e. The molecule has 9 heteroatoms. The van der Waals surface area contributed by atoms with Crippen molar-refractivity contribution in [3.05, 3.63) is 0 Å². The van der Waals surface area contributed by atoms with Crippen molar-refractivity contribution in [3.63, 3.8) is 0 Å². The molecule has 0 aromatic carbocycles. The zero-order valence-corrected chi connectivity index (χ0v) is 19.8. The number of aliphatic imine (C=N–C) groups is 1. The van der Waals surface area contributed by atoms with Gasteiger partial charge in [0.1, 0.15) is 6.54 Å². The number of nitrogens with zero attached hydrogens (tertiary/aromatic N) is 3. The predicted octanol–water partition coefficient (Wildman–Crippen LogP) is 0.767. The average Bonchev–Trinajstić information content (AvgIpc) is 3.50. The van der Waals surface area contributed by atoms with Crippen LogP contribution in [0.2, 0.25) is 0 Å². The third-order valence-corrected chi connectivity index (χ3v) is 4.73. The van der Waals surface area contributed by atoms with E-state index < -0.39 is 0 Å². The monoisotopic (exact) mass is 511 g/mol. The third kappa shape index (κ3) is 12.0. The molecule has 164 valence electrons. The molecule has 0 spiro atoms. The smallest absolute Gasteiger partial charge is 0.243 e. The van der Waals surface area contributed by atoms with Gasteiger partial charge in [0.25, 0.3) is 0 Å². The molecule has 0 unspecified atom stereocenters. The van der Waals surface area contributed by atoms with Crippen LogP contribution in [-0.2, 0) is 14.3 Å². The van der Waals surface area contributed by atoms with E-state index in [1.807, 2.05) is 0 Å². The molecule has 1 aliphatic heterocycles. The summed E-state index contributed by atoms with van der Waals surface area (Å²) >= 11 is 0. The third-order valence-electron chi connectivity index (χ3n) is 4.73. The van der Waals surface area contributed by atoms with Crippen LogP contribution in [0.3, 0.4) is 0 Å². The number of halogens is 1. The first-order valence-corrected chi connectivity index (χ1v) is 10.3. The van der Waals surface area contributed by atoms with Gasteiger partial charge in [0.15, 0.2) is 5.96 Å². The molecule has 28 heavy (non-hydrogen) atoms. The SMILES string of the molecule is CN(C)C(=O)CN=C(NCCCOCC1CC1)NCCCN1CCOCC1.I. The van der Waals surface area contributed by atoms with Gasteiger partial charge >= 0.3 is 0 Å². The molecule has 0 atom stereocenters. The van der Waals surface area contributed by atoms with Gasteiger partial charge < -0.3 is 25.0 Å². The number of nitrogens with one attached hydrogen (secondary N) is 2. The summed E-state index contributed by atoms with van der Waals surface area (Å²) in [4.78, 5) is 20.2. The molecule has 2 fully saturated rings. The summed E-state index contributed by atoms with van der Waals surface area (Å²) in [7, 11) is 3.50. The number of ether oxygens (including phenoxy) is 2. The summed E-state index contributed by atoms with van der Waals surface area (Å²) in [5, 5.41) is 6.65. The highest BCUT2D eigenvalue weighted by Crippen LogP contribution is 2.28. The number of likely N-dealkylation sites (N-methyl/N-ethyl adjacent to an activating group) is 1. The Kier molecular flexibility index (Phi) is 13.8. The summed E-state index contributed by atoms with van der Waals surface area (Å²) in [6.07, 6.45) is 4.61. The van der Waals surface area contributed by atoms with E-state index in [1.54, 1.807) is 19.0 Å². The number of carbonyl (C=O) groups excluding carboxylic acids is 1. The first-order chi connectivity index (χ1) is 13.1. The van der Waals surface area contributed by atoms with Crippen LogP contribution in [0.15, 0.2) is 4.99 Å². The molecule has 1 heterocycles. The Labute approximate surface area is 186 Å². The van der Waals surface area contributed by atoms with Crippen molar-refractivity contribution in [1.82, 2.24) is 20.4 Å². The highest BCUT2D eigenvalue weighted by atomic mass is 127. The standard InChI is InChI=1S/C19H37N5O3.HI/c1-23(2)18(25)15-22-19(21-8-4-12-27-16-17-5-6-17)20-7-3-9-24-10-13-26-14-11-24;/h17H,3-16H2,1-2H3,(H2,20,21,22);1H.